The van der Waals surface area contributed by atoms with Crippen LogP contribution in [-0.4, -0.2) is 50.8 Å². The number of aliphatic imine (C=N–C) groups is 1. The molecule has 0 aliphatic carbocycles. The highest BCUT2D eigenvalue weighted by atomic mass is 127. The van der Waals surface area contributed by atoms with Crippen LogP contribution in [-0.2, 0) is 12.8 Å². The maximum Gasteiger partial charge on any atom is 0.191 e. The van der Waals surface area contributed by atoms with Crippen molar-refractivity contribution in [3.63, 3.8) is 0 Å². The number of nitrogens with one attached hydrogen (secondary N) is 2. The van der Waals surface area contributed by atoms with Crippen LogP contribution >= 0.6 is 35.3 Å². The van der Waals surface area contributed by atoms with Gasteiger partial charge in [0.25, 0.3) is 0 Å². The minimum absolute atomic E-state index is 0. The molecule has 6 nitrogen and oxygen atoms in total. The van der Waals surface area contributed by atoms with E-state index in [9.17, 15) is 0 Å². The normalized spacial score (nSPS) is 16.6. The van der Waals surface area contributed by atoms with Crippen molar-refractivity contribution >= 4 is 47.0 Å². The molecule has 0 amide bonds. The molecule has 1 atom stereocenters. The Labute approximate surface area is 188 Å². The predicted molar refractivity (Wildman–Crippen MR) is 129 cm³/mol. The van der Waals surface area contributed by atoms with Gasteiger partial charge in [0.1, 0.15) is 5.75 Å². The average molecular weight is 515 g/mol. The van der Waals surface area contributed by atoms with Gasteiger partial charge in [0, 0.05) is 44.5 Å². The number of nitrogens with zero attached hydrogens (tertiary/aromatic N) is 3. The van der Waals surface area contributed by atoms with E-state index in [2.05, 4.69) is 49.9 Å². The Morgan fingerprint density at radius 1 is 1.39 bits per heavy atom. The minimum atomic E-state index is 0. The standard InChI is InChI=1S/C20H29N5OS.HI/c1-4-19-23-16(14-27-19)9-11-22-20(21-2)24-15-10-12-25(13-15)17-7-5-6-8-18(17)26-3;/h5-8,14-15H,4,9-13H2,1-3H3,(H2,21,22,24);1H. The largest absolute Gasteiger partial charge is 0.495 e. The van der Waals surface area contributed by atoms with Crippen molar-refractivity contribution in [2.24, 2.45) is 4.99 Å². The Kier molecular flexibility index (Phi) is 9.30. The topological polar surface area (TPSA) is 61.8 Å². The number of ether oxygens (including phenoxy) is 1. The smallest absolute Gasteiger partial charge is 0.191 e. The van der Waals surface area contributed by atoms with Crippen LogP contribution in [0.15, 0.2) is 34.6 Å². The lowest BCUT2D eigenvalue weighted by molar-refractivity contribution is 0.415. The van der Waals surface area contributed by atoms with E-state index in [1.54, 1.807) is 18.4 Å². The summed E-state index contributed by atoms with van der Waals surface area (Å²) < 4.78 is 5.50. The first kappa shape index (κ1) is 22.7. The molecular weight excluding hydrogens is 485 g/mol. The van der Waals surface area contributed by atoms with Crippen LogP contribution in [0.3, 0.4) is 0 Å². The molecule has 2 heterocycles. The zero-order valence-electron chi connectivity index (χ0n) is 16.8. The zero-order chi connectivity index (χ0) is 19.1. The van der Waals surface area contributed by atoms with Crippen molar-refractivity contribution in [1.29, 1.82) is 0 Å². The fourth-order valence-corrected chi connectivity index (χ4v) is 4.09. The van der Waals surface area contributed by atoms with E-state index in [0.717, 1.165) is 62.0 Å². The molecule has 1 fully saturated rings. The first-order valence-electron chi connectivity index (χ1n) is 9.52. The highest BCUT2D eigenvalue weighted by molar-refractivity contribution is 14.0. The minimum Gasteiger partial charge on any atom is -0.495 e. The molecule has 3 rings (SSSR count). The fourth-order valence-electron chi connectivity index (χ4n) is 3.31. The first-order valence-corrected chi connectivity index (χ1v) is 10.4. The van der Waals surface area contributed by atoms with Crippen LogP contribution in [0, 0.1) is 0 Å². The van der Waals surface area contributed by atoms with E-state index in [1.165, 1.54) is 5.01 Å². The number of anilines is 1. The highest BCUT2D eigenvalue weighted by Crippen LogP contribution is 2.30. The molecule has 1 unspecified atom stereocenters. The number of methoxy groups -OCH3 is 1. The molecule has 8 heteroatoms. The fraction of sp³-hybridized carbons (Fsp3) is 0.500. The van der Waals surface area contributed by atoms with Gasteiger partial charge in [0.15, 0.2) is 5.96 Å². The third-order valence-electron chi connectivity index (χ3n) is 4.75. The lowest BCUT2D eigenvalue weighted by Gasteiger charge is -2.22. The molecular formula is C20H30IN5OS. The van der Waals surface area contributed by atoms with Gasteiger partial charge >= 0.3 is 0 Å². The Morgan fingerprint density at radius 2 is 2.21 bits per heavy atom. The molecule has 1 aromatic carbocycles. The molecule has 1 aliphatic heterocycles. The Morgan fingerprint density at radius 3 is 2.93 bits per heavy atom. The second kappa shape index (κ2) is 11.5. The van der Waals surface area contributed by atoms with E-state index < -0.39 is 0 Å². The van der Waals surface area contributed by atoms with Gasteiger partial charge in [0.05, 0.1) is 23.5 Å². The maximum absolute atomic E-state index is 5.50. The van der Waals surface area contributed by atoms with E-state index in [4.69, 9.17) is 4.74 Å². The number of benzene rings is 1. The highest BCUT2D eigenvalue weighted by Gasteiger charge is 2.25. The summed E-state index contributed by atoms with van der Waals surface area (Å²) in [5.41, 5.74) is 2.31. The third-order valence-corrected chi connectivity index (χ3v) is 5.80. The SMILES string of the molecule is CCc1nc(CCNC(=NC)NC2CCN(c3ccccc3OC)C2)cs1.I. The van der Waals surface area contributed by atoms with Gasteiger partial charge in [-0.25, -0.2) is 4.98 Å². The van der Waals surface area contributed by atoms with Gasteiger partial charge in [-0.15, -0.1) is 35.3 Å². The van der Waals surface area contributed by atoms with Gasteiger partial charge in [-0.3, -0.25) is 4.99 Å². The lowest BCUT2D eigenvalue weighted by atomic mass is 10.2. The number of aromatic nitrogens is 1. The number of hydrogen-bond acceptors (Lipinski definition) is 5. The summed E-state index contributed by atoms with van der Waals surface area (Å²) in [7, 11) is 3.54. The molecule has 0 spiro atoms. The van der Waals surface area contributed by atoms with Crippen molar-refractivity contribution in [2.75, 3.05) is 38.7 Å². The third kappa shape index (κ3) is 5.97. The Hall–Kier alpha value is -1.55. The lowest BCUT2D eigenvalue weighted by Crippen LogP contribution is -2.45. The second-order valence-electron chi connectivity index (χ2n) is 6.58. The molecule has 2 aromatic rings. The molecule has 0 bridgehead atoms. The Balaban J connectivity index is 0.00000280. The quantitative estimate of drug-likeness (QED) is 0.337. The molecule has 1 aliphatic rings. The molecule has 1 saturated heterocycles. The Bertz CT molecular complexity index is 767. The van der Waals surface area contributed by atoms with Crippen LogP contribution < -0.4 is 20.3 Å². The monoisotopic (exact) mass is 515 g/mol. The second-order valence-corrected chi connectivity index (χ2v) is 7.53. The van der Waals surface area contributed by atoms with Crippen LogP contribution in [0.1, 0.15) is 24.0 Å². The number of thiazole rings is 1. The number of aryl methyl sites for hydroxylation is 1. The summed E-state index contributed by atoms with van der Waals surface area (Å²) in [4.78, 5) is 11.3. The molecule has 0 saturated carbocycles. The van der Waals surface area contributed by atoms with Crippen LogP contribution in [0.2, 0.25) is 0 Å². The summed E-state index contributed by atoms with van der Waals surface area (Å²) in [5.74, 6) is 1.78. The summed E-state index contributed by atoms with van der Waals surface area (Å²) in [6.45, 7) is 4.92. The summed E-state index contributed by atoms with van der Waals surface area (Å²) in [5, 5.41) is 10.3. The van der Waals surface area contributed by atoms with E-state index in [0.29, 0.717) is 6.04 Å². The van der Waals surface area contributed by atoms with E-state index in [1.807, 2.05) is 19.2 Å². The van der Waals surface area contributed by atoms with Gasteiger partial charge in [-0.05, 0) is 25.0 Å². The molecule has 28 heavy (non-hydrogen) atoms. The van der Waals surface area contributed by atoms with Crippen molar-refractivity contribution in [3.05, 3.63) is 40.3 Å². The van der Waals surface area contributed by atoms with Gasteiger partial charge in [-0.1, -0.05) is 19.1 Å². The van der Waals surface area contributed by atoms with Crippen LogP contribution in [0.5, 0.6) is 5.75 Å². The maximum atomic E-state index is 5.50. The zero-order valence-corrected chi connectivity index (χ0v) is 19.9. The van der Waals surface area contributed by atoms with E-state index in [-0.39, 0.29) is 24.0 Å². The predicted octanol–water partition coefficient (Wildman–Crippen LogP) is 3.32. The average Bonchev–Trinajstić information content (AvgIpc) is 3.36. The molecule has 154 valence electrons. The number of rotatable bonds is 7. The number of guanidine groups is 1. The number of halogens is 1. The first-order chi connectivity index (χ1) is 13.2. The van der Waals surface area contributed by atoms with Gasteiger partial charge in [-0.2, -0.15) is 0 Å². The van der Waals surface area contributed by atoms with Crippen molar-refractivity contribution in [1.82, 2.24) is 15.6 Å². The molecule has 0 radical (unpaired) electrons. The summed E-state index contributed by atoms with van der Waals surface area (Å²) >= 11 is 1.74. The molecule has 2 N–H and O–H groups in total. The molecule has 1 aromatic heterocycles. The van der Waals surface area contributed by atoms with Crippen molar-refractivity contribution in [2.45, 2.75) is 32.2 Å². The van der Waals surface area contributed by atoms with Gasteiger partial charge in [0.2, 0.25) is 0 Å². The van der Waals surface area contributed by atoms with E-state index >= 15 is 0 Å². The van der Waals surface area contributed by atoms with Crippen molar-refractivity contribution in [3.8, 4) is 5.75 Å². The summed E-state index contributed by atoms with van der Waals surface area (Å²) in [6.07, 6.45) is 2.99. The van der Waals surface area contributed by atoms with Crippen LogP contribution in [0.25, 0.3) is 0 Å². The van der Waals surface area contributed by atoms with Crippen LogP contribution in [0.4, 0.5) is 5.69 Å². The van der Waals surface area contributed by atoms with Crippen molar-refractivity contribution < 1.29 is 4.74 Å². The van der Waals surface area contributed by atoms with Gasteiger partial charge < -0.3 is 20.3 Å². The number of para-hydroxylation sites is 2. The number of hydrogen-bond donors (Lipinski definition) is 2. The summed E-state index contributed by atoms with van der Waals surface area (Å²) in [6, 6.07) is 8.56.